The fraction of sp³-hybridized carbons (Fsp3) is 0.0526. The Morgan fingerprint density at radius 2 is 1.24 bits per heavy atom. The molecule has 0 amide bonds. The zero-order valence-electron chi connectivity index (χ0n) is 24.0. The third-order valence-corrected chi connectivity index (χ3v) is 10.2. The van der Waals surface area contributed by atoms with Crippen LogP contribution in [0.4, 0.5) is 0 Å². The van der Waals surface area contributed by atoms with Gasteiger partial charge in [0.15, 0.2) is 0 Å². The van der Waals surface area contributed by atoms with Gasteiger partial charge in [0, 0.05) is 18.0 Å². The molecule has 4 aromatic rings. The molecule has 0 fully saturated rings. The fourth-order valence-electron chi connectivity index (χ4n) is 4.47. The van der Waals surface area contributed by atoms with E-state index >= 15 is 0 Å². The van der Waals surface area contributed by atoms with Crippen molar-refractivity contribution in [1.82, 2.24) is 9.97 Å². The first-order chi connectivity index (χ1) is 20.0. The zero-order valence-corrected chi connectivity index (χ0v) is 24.9. The molecule has 0 saturated carbocycles. The van der Waals surface area contributed by atoms with E-state index in [2.05, 4.69) is 99.9 Å². The van der Waals surface area contributed by atoms with Crippen molar-refractivity contribution in [1.29, 1.82) is 0 Å². The van der Waals surface area contributed by atoms with Crippen LogP contribution in [-0.4, -0.2) is 15.4 Å². The molecule has 0 unspecified atom stereocenters. The lowest BCUT2D eigenvalue weighted by Gasteiger charge is -2.25. The van der Waals surface area contributed by atoms with E-state index < -0.39 is 6.89 Å². The van der Waals surface area contributed by atoms with Crippen molar-refractivity contribution >= 4 is 23.2 Å². The zero-order chi connectivity index (χ0) is 29.7. The van der Waals surface area contributed by atoms with Crippen molar-refractivity contribution in [2.45, 2.75) is 13.8 Å². The normalized spacial score (nSPS) is 11.8. The van der Waals surface area contributed by atoms with Gasteiger partial charge in [-0.1, -0.05) is 123 Å². The second-order valence-corrected chi connectivity index (χ2v) is 12.2. The summed E-state index contributed by atoms with van der Waals surface area (Å²) in [5.74, 6) is 0. The standard InChI is InChI=1S/C36H33N2P.C2H4/c1-6-30(7-2)28(4)18-15-19-29(5)39(8-3,35-26-16-24-33(37-35)31-20-11-9-12-21-31)36-27-17-25-34(38-36)32-22-13-10-14-23-32;1-2/h6-7,9-27H,1,3-4H2,2,5H3;1-2H2/b18-15-,29-19+,30-7+;. The van der Waals surface area contributed by atoms with Crippen LogP contribution in [0.3, 0.4) is 0 Å². The monoisotopic (exact) mass is 552 g/mol. The van der Waals surface area contributed by atoms with Crippen molar-refractivity contribution in [3.63, 3.8) is 0 Å². The van der Waals surface area contributed by atoms with Gasteiger partial charge in [0.05, 0.1) is 22.3 Å². The summed E-state index contributed by atoms with van der Waals surface area (Å²) in [5.41, 5.74) is 11.2. The predicted molar refractivity (Wildman–Crippen MR) is 183 cm³/mol. The number of hydrogen-bond acceptors (Lipinski definition) is 2. The fourth-order valence-corrected chi connectivity index (χ4v) is 7.45. The predicted octanol–water partition coefficient (Wildman–Crippen LogP) is 9.32. The number of rotatable bonds is 9. The summed E-state index contributed by atoms with van der Waals surface area (Å²) < 4.78 is 0. The Hall–Kier alpha value is -4.74. The number of hydrogen-bond donors (Lipinski definition) is 0. The summed E-state index contributed by atoms with van der Waals surface area (Å²) in [6.45, 7) is 19.9. The van der Waals surface area contributed by atoms with Crippen LogP contribution in [0.1, 0.15) is 13.8 Å². The van der Waals surface area contributed by atoms with Crippen molar-refractivity contribution in [3.8, 4) is 22.5 Å². The van der Waals surface area contributed by atoms with E-state index in [9.17, 15) is 0 Å². The molecule has 2 nitrogen and oxygen atoms in total. The van der Waals surface area contributed by atoms with E-state index in [-0.39, 0.29) is 0 Å². The van der Waals surface area contributed by atoms with E-state index in [1.807, 2.05) is 79.8 Å². The number of allylic oxidation sites excluding steroid dienone is 8. The van der Waals surface area contributed by atoms with Crippen molar-refractivity contribution in [2.75, 3.05) is 0 Å². The first-order valence-corrected chi connectivity index (χ1v) is 15.2. The first-order valence-electron chi connectivity index (χ1n) is 13.4. The third-order valence-electron chi connectivity index (χ3n) is 6.60. The molecule has 3 heteroatoms. The van der Waals surface area contributed by atoms with Gasteiger partial charge in [-0.25, -0.2) is 9.97 Å². The van der Waals surface area contributed by atoms with Gasteiger partial charge in [-0.3, -0.25) is 0 Å². The highest BCUT2D eigenvalue weighted by Crippen LogP contribution is 2.51. The van der Waals surface area contributed by atoms with Crippen molar-refractivity contribution in [2.24, 2.45) is 0 Å². The lowest BCUT2D eigenvalue weighted by atomic mass is 10.1. The minimum absolute atomic E-state index is 0.900. The maximum Gasteiger partial charge on any atom is 0.0804 e. The Bertz CT molecular complexity index is 1580. The maximum atomic E-state index is 5.19. The van der Waals surface area contributed by atoms with Crippen LogP contribution in [0.25, 0.3) is 22.5 Å². The van der Waals surface area contributed by atoms with Gasteiger partial charge in [-0.15, -0.1) is 18.6 Å². The Labute approximate surface area is 245 Å². The number of aromatic nitrogens is 2. The molecule has 0 N–H and O–H groups in total. The number of pyridine rings is 2. The Morgan fingerprint density at radius 1 is 0.756 bits per heavy atom. The van der Waals surface area contributed by atoms with Crippen molar-refractivity contribution in [3.05, 3.63) is 177 Å². The summed E-state index contributed by atoms with van der Waals surface area (Å²) in [5, 5.41) is 1.10. The van der Waals surface area contributed by atoms with Crippen LogP contribution in [0, 0.1) is 0 Å². The van der Waals surface area contributed by atoms with Crippen LogP contribution in [0.15, 0.2) is 177 Å². The molecular weight excluding hydrogens is 515 g/mol. The van der Waals surface area contributed by atoms with E-state index in [0.717, 1.165) is 49.8 Å². The third kappa shape index (κ3) is 7.07. The molecule has 2 aromatic heterocycles. The molecule has 0 spiro atoms. The molecular formula is C38H37N2P. The highest BCUT2D eigenvalue weighted by atomic mass is 31.2. The molecule has 0 bridgehead atoms. The van der Waals surface area contributed by atoms with E-state index in [1.54, 1.807) is 0 Å². The van der Waals surface area contributed by atoms with E-state index in [1.165, 1.54) is 0 Å². The Balaban J connectivity index is 0.00000226. The van der Waals surface area contributed by atoms with Crippen LogP contribution >= 0.6 is 6.89 Å². The summed E-state index contributed by atoms with van der Waals surface area (Å²) >= 11 is 0. The van der Waals surface area contributed by atoms with E-state index in [4.69, 9.17) is 9.97 Å². The molecule has 2 aromatic carbocycles. The first kappa shape index (κ1) is 30.8. The molecule has 0 saturated heterocycles. The molecule has 2 heterocycles. The Morgan fingerprint density at radius 3 is 1.66 bits per heavy atom. The van der Waals surface area contributed by atoms with Gasteiger partial charge in [0.1, 0.15) is 0 Å². The molecule has 0 aliphatic heterocycles. The van der Waals surface area contributed by atoms with Gasteiger partial charge in [-0.2, -0.15) is 0 Å². The summed E-state index contributed by atoms with van der Waals surface area (Å²) in [6, 6.07) is 32.8. The minimum atomic E-state index is -2.50. The minimum Gasteiger partial charge on any atom is -0.247 e. The lowest BCUT2D eigenvalue weighted by Crippen LogP contribution is -2.23. The summed E-state index contributed by atoms with van der Waals surface area (Å²) in [6.07, 6.45) is 9.96. The van der Waals surface area contributed by atoms with Gasteiger partial charge in [0.2, 0.25) is 0 Å². The quantitative estimate of drug-likeness (QED) is 0.117. The smallest absolute Gasteiger partial charge is 0.0804 e. The molecule has 0 atom stereocenters. The second kappa shape index (κ2) is 15.2. The number of nitrogens with zero attached hydrogens (tertiary/aromatic N) is 2. The number of benzene rings is 2. The van der Waals surface area contributed by atoms with Crippen LogP contribution in [0.2, 0.25) is 0 Å². The SMILES string of the molecule is C=C.C=C=P(/C(C)=C/C=C\C(=C)/C(C=C)=C/C)(c1cccc(-c2ccccc2)n1)c1cccc(-c2ccccc2)n1. The highest BCUT2D eigenvalue weighted by Gasteiger charge is 2.28. The highest BCUT2D eigenvalue weighted by molar-refractivity contribution is 7.90. The molecule has 41 heavy (non-hydrogen) atoms. The molecule has 0 aliphatic carbocycles. The maximum absolute atomic E-state index is 5.19. The second-order valence-electron chi connectivity index (χ2n) is 8.96. The lowest BCUT2D eigenvalue weighted by molar-refractivity contribution is 1.36. The van der Waals surface area contributed by atoms with Gasteiger partial charge in [0.25, 0.3) is 0 Å². The van der Waals surface area contributed by atoms with Crippen LogP contribution < -0.4 is 10.9 Å². The van der Waals surface area contributed by atoms with Gasteiger partial charge in [-0.05, 0) is 54.6 Å². The van der Waals surface area contributed by atoms with Crippen LogP contribution in [-0.2, 0) is 0 Å². The summed E-state index contributed by atoms with van der Waals surface area (Å²) in [7, 11) is 0. The van der Waals surface area contributed by atoms with E-state index in [0.29, 0.717) is 0 Å². The largest absolute Gasteiger partial charge is 0.247 e. The molecule has 0 radical (unpaired) electrons. The Kier molecular flexibility index (Phi) is 11.4. The molecule has 4 rings (SSSR count). The van der Waals surface area contributed by atoms with Crippen molar-refractivity contribution < 1.29 is 0 Å². The van der Waals surface area contributed by atoms with Gasteiger partial charge < -0.3 is 0 Å². The summed E-state index contributed by atoms with van der Waals surface area (Å²) in [4.78, 5) is 10.4. The molecule has 204 valence electrons. The average Bonchev–Trinajstić information content (AvgIpc) is 3.04. The topological polar surface area (TPSA) is 25.8 Å². The van der Waals surface area contributed by atoms with Crippen LogP contribution in [0.5, 0.6) is 0 Å². The average molecular weight is 553 g/mol. The van der Waals surface area contributed by atoms with Gasteiger partial charge >= 0.3 is 0 Å². The molecule has 0 aliphatic rings.